The molecule has 0 N–H and O–H groups in total. The minimum absolute atomic E-state index is 0.0552. The van der Waals surface area contributed by atoms with Crippen molar-refractivity contribution in [2.24, 2.45) is 0 Å². The predicted octanol–water partition coefficient (Wildman–Crippen LogP) is 20.2. The monoisotopic (exact) mass is 949 g/mol. The molecule has 1 unspecified atom stereocenters. The van der Waals surface area contributed by atoms with Gasteiger partial charge in [0.1, 0.15) is 6.61 Å². The summed E-state index contributed by atoms with van der Waals surface area (Å²) in [5.74, 6) is -0.458. The third kappa shape index (κ3) is 55.9. The second-order valence-corrected chi connectivity index (χ2v) is 19.5. The second-order valence-electron chi connectivity index (χ2n) is 19.5. The SMILES string of the molecule is CC/C=C\C/C=C\C/C=C\C/C=C\C/C=C\CCCC(=O)OCC(COCCCCCCCCCCCCCCCCCCCC)OC(=O)CCCCCCCCC/C=C\CCCCCCCC. The Morgan fingerprint density at radius 3 is 1.12 bits per heavy atom. The molecule has 0 rings (SSSR count). The van der Waals surface area contributed by atoms with Crippen LogP contribution in [0.1, 0.15) is 290 Å². The van der Waals surface area contributed by atoms with Gasteiger partial charge in [-0.2, -0.15) is 0 Å². The molecule has 0 aromatic carbocycles. The molecule has 0 aliphatic carbocycles. The lowest BCUT2D eigenvalue weighted by Gasteiger charge is -2.18. The maximum atomic E-state index is 12.9. The van der Waals surface area contributed by atoms with Crippen molar-refractivity contribution in [2.45, 2.75) is 297 Å². The van der Waals surface area contributed by atoms with Crippen LogP contribution in [0, 0.1) is 0 Å². The van der Waals surface area contributed by atoms with E-state index in [1.807, 2.05) is 0 Å². The Morgan fingerprint density at radius 2 is 0.676 bits per heavy atom. The van der Waals surface area contributed by atoms with Gasteiger partial charge >= 0.3 is 11.9 Å². The molecular formula is C63H112O5. The summed E-state index contributed by atoms with van der Waals surface area (Å²) in [5, 5.41) is 0. The van der Waals surface area contributed by atoms with Crippen molar-refractivity contribution in [1.82, 2.24) is 0 Å². The molecule has 0 aromatic rings. The van der Waals surface area contributed by atoms with E-state index in [1.54, 1.807) is 0 Å². The molecule has 0 aromatic heterocycles. The highest BCUT2D eigenvalue weighted by Crippen LogP contribution is 2.16. The molecule has 0 spiro atoms. The number of hydrogen-bond donors (Lipinski definition) is 0. The Bertz CT molecular complexity index is 1210. The van der Waals surface area contributed by atoms with Gasteiger partial charge in [0.15, 0.2) is 6.10 Å². The number of unbranched alkanes of at least 4 members (excludes halogenated alkanes) is 31. The summed E-state index contributed by atoms with van der Waals surface area (Å²) in [7, 11) is 0. The standard InChI is InChI=1S/C63H112O5/c1-4-7-10-13-16-19-22-25-28-31-34-37-40-43-46-49-52-55-58-66-59-61(68-63(65)57-54-51-48-45-42-39-36-33-30-27-24-21-18-15-12-9-6-3)60-67-62(64)56-53-50-47-44-41-38-35-32-29-26-23-20-17-14-11-8-5-2/h8,11,17,20,26-27,29-30,35,38,44,47,61H,4-7,9-10,12-16,18-19,21-25,28,31-34,36-37,39-43,45-46,48-60H2,1-3H3/b11-8-,20-17-,29-26-,30-27-,38-35-,47-44-. The molecule has 0 fully saturated rings. The number of carbonyl (C=O) groups excluding carboxylic acids is 2. The van der Waals surface area contributed by atoms with Gasteiger partial charge < -0.3 is 14.2 Å². The van der Waals surface area contributed by atoms with E-state index in [0.717, 1.165) is 77.0 Å². The van der Waals surface area contributed by atoms with Crippen molar-refractivity contribution in [3.05, 3.63) is 72.9 Å². The quantitative estimate of drug-likeness (QED) is 0.0345. The summed E-state index contributed by atoms with van der Waals surface area (Å²) in [5.41, 5.74) is 0. The summed E-state index contributed by atoms with van der Waals surface area (Å²) < 4.78 is 17.5. The highest BCUT2D eigenvalue weighted by atomic mass is 16.6. The molecule has 0 saturated carbocycles. The Morgan fingerprint density at radius 1 is 0.338 bits per heavy atom. The molecule has 0 aliphatic heterocycles. The van der Waals surface area contributed by atoms with Gasteiger partial charge in [-0.25, -0.2) is 0 Å². The summed E-state index contributed by atoms with van der Waals surface area (Å²) in [6, 6.07) is 0. The van der Waals surface area contributed by atoms with Crippen LogP contribution in [0.2, 0.25) is 0 Å². The van der Waals surface area contributed by atoms with Gasteiger partial charge in [0.2, 0.25) is 0 Å². The van der Waals surface area contributed by atoms with Crippen molar-refractivity contribution >= 4 is 11.9 Å². The van der Waals surface area contributed by atoms with Crippen LogP contribution < -0.4 is 0 Å². The van der Waals surface area contributed by atoms with Crippen LogP contribution in [-0.4, -0.2) is 37.9 Å². The van der Waals surface area contributed by atoms with Gasteiger partial charge in [-0.3, -0.25) is 9.59 Å². The lowest BCUT2D eigenvalue weighted by Crippen LogP contribution is -2.30. The van der Waals surface area contributed by atoms with E-state index in [-0.39, 0.29) is 25.2 Å². The van der Waals surface area contributed by atoms with Gasteiger partial charge in [0.05, 0.1) is 6.61 Å². The Labute approximate surface area is 423 Å². The van der Waals surface area contributed by atoms with Crippen LogP contribution >= 0.6 is 0 Å². The Kier molecular flexibility index (Phi) is 56.4. The molecule has 0 radical (unpaired) electrons. The highest BCUT2D eigenvalue weighted by molar-refractivity contribution is 5.70. The van der Waals surface area contributed by atoms with E-state index in [4.69, 9.17) is 14.2 Å². The smallest absolute Gasteiger partial charge is 0.306 e. The third-order valence-corrected chi connectivity index (χ3v) is 12.7. The molecule has 5 heteroatoms. The highest BCUT2D eigenvalue weighted by Gasteiger charge is 2.17. The van der Waals surface area contributed by atoms with E-state index in [9.17, 15) is 9.59 Å². The first-order valence-corrected chi connectivity index (χ1v) is 29.5. The van der Waals surface area contributed by atoms with Crippen LogP contribution in [0.15, 0.2) is 72.9 Å². The van der Waals surface area contributed by atoms with Crippen molar-refractivity contribution < 1.29 is 23.8 Å². The fourth-order valence-corrected chi connectivity index (χ4v) is 8.37. The number of ether oxygens (including phenoxy) is 3. The fraction of sp³-hybridized carbons (Fsp3) is 0.778. The first-order chi connectivity index (χ1) is 33.6. The lowest BCUT2D eigenvalue weighted by molar-refractivity contribution is -0.163. The molecule has 0 heterocycles. The Hall–Kier alpha value is -2.66. The van der Waals surface area contributed by atoms with Crippen LogP contribution in [0.4, 0.5) is 0 Å². The second kappa shape index (κ2) is 58.7. The number of carbonyl (C=O) groups is 2. The topological polar surface area (TPSA) is 61.8 Å². The molecule has 394 valence electrons. The van der Waals surface area contributed by atoms with Crippen molar-refractivity contribution in [3.8, 4) is 0 Å². The first kappa shape index (κ1) is 65.3. The molecule has 0 saturated heterocycles. The zero-order valence-corrected chi connectivity index (χ0v) is 45.4. The van der Waals surface area contributed by atoms with Crippen molar-refractivity contribution in [2.75, 3.05) is 19.8 Å². The lowest BCUT2D eigenvalue weighted by atomic mass is 10.0. The Balaban J connectivity index is 4.34. The van der Waals surface area contributed by atoms with Crippen molar-refractivity contribution in [1.29, 1.82) is 0 Å². The molecule has 0 amide bonds. The molecule has 68 heavy (non-hydrogen) atoms. The predicted molar refractivity (Wildman–Crippen MR) is 297 cm³/mol. The van der Waals surface area contributed by atoms with Crippen LogP contribution in [-0.2, 0) is 23.8 Å². The van der Waals surface area contributed by atoms with Gasteiger partial charge in [-0.1, -0.05) is 267 Å². The van der Waals surface area contributed by atoms with E-state index in [0.29, 0.717) is 19.4 Å². The number of hydrogen-bond acceptors (Lipinski definition) is 5. The zero-order valence-electron chi connectivity index (χ0n) is 45.4. The summed E-state index contributed by atoms with van der Waals surface area (Å²) in [6.45, 7) is 7.69. The average Bonchev–Trinajstić information content (AvgIpc) is 3.34. The first-order valence-electron chi connectivity index (χ1n) is 29.5. The number of esters is 2. The van der Waals surface area contributed by atoms with Crippen LogP contribution in [0.3, 0.4) is 0 Å². The van der Waals surface area contributed by atoms with Gasteiger partial charge in [-0.05, 0) is 83.5 Å². The maximum Gasteiger partial charge on any atom is 0.306 e. The average molecular weight is 950 g/mol. The van der Waals surface area contributed by atoms with Gasteiger partial charge in [0.25, 0.3) is 0 Å². The minimum Gasteiger partial charge on any atom is -0.462 e. The van der Waals surface area contributed by atoms with Crippen LogP contribution in [0.25, 0.3) is 0 Å². The van der Waals surface area contributed by atoms with E-state index >= 15 is 0 Å². The normalized spacial score (nSPS) is 12.7. The largest absolute Gasteiger partial charge is 0.462 e. The minimum atomic E-state index is -0.562. The summed E-state index contributed by atoms with van der Waals surface area (Å²) in [6.07, 6.45) is 76.5. The van der Waals surface area contributed by atoms with Crippen molar-refractivity contribution in [3.63, 3.8) is 0 Å². The molecule has 0 aliphatic rings. The number of allylic oxidation sites excluding steroid dienone is 12. The fourth-order valence-electron chi connectivity index (χ4n) is 8.37. The molecule has 1 atom stereocenters. The zero-order chi connectivity index (χ0) is 49.2. The van der Waals surface area contributed by atoms with E-state index < -0.39 is 6.10 Å². The molecule has 5 nitrogen and oxygen atoms in total. The van der Waals surface area contributed by atoms with Gasteiger partial charge in [0, 0.05) is 19.4 Å². The van der Waals surface area contributed by atoms with E-state index in [1.165, 1.54) is 180 Å². The number of rotatable bonds is 54. The van der Waals surface area contributed by atoms with Crippen LogP contribution in [0.5, 0.6) is 0 Å². The molecule has 0 bridgehead atoms. The third-order valence-electron chi connectivity index (χ3n) is 12.7. The van der Waals surface area contributed by atoms with E-state index in [2.05, 4.69) is 93.7 Å². The summed E-state index contributed by atoms with van der Waals surface area (Å²) in [4.78, 5) is 25.5. The molecular weight excluding hydrogens is 837 g/mol. The summed E-state index contributed by atoms with van der Waals surface area (Å²) >= 11 is 0. The van der Waals surface area contributed by atoms with Gasteiger partial charge in [-0.15, -0.1) is 0 Å². The maximum absolute atomic E-state index is 12.9.